The number of hydrogen-bond donors (Lipinski definition) is 3. The molecule has 0 aromatic carbocycles. The van der Waals surface area contributed by atoms with E-state index in [1.807, 2.05) is 0 Å². The summed E-state index contributed by atoms with van der Waals surface area (Å²) in [7, 11) is 0. The van der Waals surface area contributed by atoms with Gasteiger partial charge in [-0.3, -0.25) is 0 Å². The highest BCUT2D eigenvalue weighted by molar-refractivity contribution is 5.84. The molecule has 17 heavy (non-hydrogen) atoms. The van der Waals surface area contributed by atoms with Gasteiger partial charge < -0.3 is 20.3 Å². The van der Waals surface area contributed by atoms with Crippen LogP contribution in [0.2, 0.25) is 0 Å². The highest BCUT2D eigenvalue weighted by Gasteiger charge is 2.47. The number of carbonyl (C=O) groups excluding carboxylic acids is 1. The SMILES string of the molecule is CC(C)(C)OC(=O)N[C@@]1(C(=O)O)CC[C@H](O)C1. The fourth-order valence-corrected chi connectivity index (χ4v) is 1.88. The third-order valence-electron chi connectivity index (χ3n) is 2.64. The number of rotatable bonds is 2. The maximum absolute atomic E-state index is 11.6. The van der Waals surface area contributed by atoms with Gasteiger partial charge in [0, 0.05) is 6.42 Å². The van der Waals surface area contributed by atoms with Crippen molar-refractivity contribution in [1.29, 1.82) is 0 Å². The molecule has 6 heteroatoms. The molecule has 0 bridgehead atoms. The van der Waals surface area contributed by atoms with E-state index >= 15 is 0 Å². The fourth-order valence-electron chi connectivity index (χ4n) is 1.88. The Kier molecular flexibility index (Phi) is 3.66. The lowest BCUT2D eigenvalue weighted by atomic mass is 9.98. The summed E-state index contributed by atoms with van der Waals surface area (Å²) in [4.78, 5) is 22.7. The minimum Gasteiger partial charge on any atom is -0.480 e. The van der Waals surface area contributed by atoms with Crippen molar-refractivity contribution >= 4 is 12.1 Å². The molecule has 6 nitrogen and oxygen atoms in total. The van der Waals surface area contributed by atoms with Gasteiger partial charge in [-0.2, -0.15) is 0 Å². The van der Waals surface area contributed by atoms with E-state index in [0.717, 1.165) is 0 Å². The van der Waals surface area contributed by atoms with E-state index in [9.17, 15) is 14.7 Å². The first-order valence-corrected chi connectivity index (χ1v) is 5.57. The van der Waals surface area contributed by atoms with Gasteiger partial charge in [0.15, 0.2) is 0 Å². The number of nitrogens with one attached hydrogen (secondary N) is 1. The molecule has 0 aromatic heterocycles. The Labute approximate surface area is 100.0 Å². The molecule has 0 radical (unpaired) electrons. The van der Waals surface area contributed by atoms with E-state index in [1.54, 1.807) is 20.8 Å². The lowest BCUT2D eigenvalue weighted by Crippen LogP contribution is -2.54. The largest absolute Gasteiger partial charge is 0.480 e. The Balaban J connectivity index is 2.69. The van der Waals surface area contributed by atoms with Crippen molar-refractivity contribution in [2.24, 2.45) is 0 Å². The number of amides is 1. The molecule has 2 atom stereocenters. The molecule has 0 aliphatic heterocycles. The van der Waals surface area contributed by atoms with Crippen LogP contribution >= 0.6 is 0 Å². The molecular weight excluding hydrogens is 226 g/mol. The van der Waals surface area contributed by atoms with Crippen LogP contribution in [0.1, 0.15) is 40.0 Å². The topological polar surface area (TPSA) is 95.9 Å². The summed E-state index contributed by atoms with van der Waals surface area (Å²) in [5.41, 5.74) is -2.08. The van der Waals surface area contributed by atoms with Gasteiger partial charge in [-0.25, -0.2) is 9.59 Å². The molecule has 0 saturated heterocycles. The van der Waals surface area contributed by atoms with Crippen LogP contribution in [-0.2, 0) is 9.53 Å². The van der Waals surface area contributed by atoms with Gasteiger partial charge in [-0.1, -0.05) is 0 Å². The molecule has 1 aliphatic carbocycles. The maximum atomic E-state index is 11.6. The highest BCUT2D eigenvalue weighted by Crippen LogP contribution is 2.30. The van der Waals surface area contributed by atoms with Gasteiger partial charge in [0.1, 0.15) is 11.1 Å². The van der Waals surface area contributed by atoms with Crippen molar-refractivity contribution in [3.8, 4) is 0 Å². The number of hydrogen-bond acceptors (Lipinski definition) is 4. The predicted octanol–water partition coefficient (Wildman–Crippen LogP) is 0.879. The molecule has 0 spiro atoms. The lowest BCUT2D eigenvalue weighted by Gasteiger charge is -2.27. The quantitative estimate of drug-likeness (QED) is 0.671. The maximum Gasteiger partial charge on any atom is 0.408 e. The van der Waals surface area contributed by atoms with Gasteiger partial charge in [0.2, 0.25) is 0 Å². The van der Waals surface area contributed by atoms with Crippen LogP contribution in [0.25, 0.3) is 0 Å². The van der Waals surface area contributed by atoms with Crippen LogP contribution in [0.15, 0.2) is 0 Å². The van der Waals surface area contributed by atoms with Crippen molar-refractivity contribution in [2.45, 2.75) is 57.3 Å². The second-order valence-electron chi connectivity index (χ2n) is 5.41. The van der Waals surface area contributed by atoms with Crippen LogP contribution < -0.4 is 5.32 Å². The second-order valence-corrected chi connectivity index (χ2v) is 5.41. The van der Waals surface area contributed by atoms with E-state index in [1.165, 1.54) is 0 Å². The van der Waals surface area contributed by atoms with E-state index in [4.69, 9.17) is 9.84 Å². The number of aliphatic hydroxyl groups is 1. The zero-order valence-electron chi connectivity index (χ0n) is 10.3. The van der Waals surface area contributed by atoms with Crippen LogP contribution in [-0.4, -0.2) is 39.5 Å². The van der Waals surface area contributed by atoms with E-state index in [-0.39, 0.29) is 12.8 Å². The first-order chi connectivity index (χ1) is 7.65. The summed E-state index contributed by atoms with van der Waals surface area (Å²) in [6, 6.07) is 0. The van der Waals surface area contributed by atoms with Crippen molar-refractivity contribution in [3.05, 3.63) is 0 Å². The zero-order valence-corrected chi connectivity index (χ0v) is 10.3. The first kappa shape index (κ1) is 13.8. The summed E-state index contributed by atoms with van der Waals surface area (Å²) in [5, 5.41) is 20.9. The molecule has 1 saturated carbocycles. The van der Waals surface area contributed by atoms with Crippen LogP contribution in [0.5, 0.6) is 0 Å². The number of alkyl carbamates (subject to hydrolysis) is 1. The van der Waals surface area contributed by atoms with Crippen molar-refractivity contribution < 1.29 is 24.5 Å². The number of carbonyl (C=O) groups is 2. The Morgan fingerprint density at radius 3 is 2.35 bits per heavy atom. The Hall–Kier alpha value is -1.30. The monoisotopic (exact) mass is 245 g/mol. The van der Waals surface area contributed by atoms with Crippen molar-refractivity contribution in [3.63, 3.8) is 0 Å². The summed E-state index contributed by atoms with van der Waals surface area (Å²) in [5.74, 6) is -1.14. The minimum absolute atomic E-state index is 0.0155. The smallest absolute Gasteiger partial charge is 0.408 e. The Morgan fingerprint density at radius 1 is 1.41 bits per heavy atom. The minimum atomic E-state index is -1.40. The molecular formula is C11H19NO5. The number of aliphatic carboxylic acids is 1. The summed E-state index contributed by atoms with van der Waals surface area (Å²) in [6.45, 7) is 5.09. The molecule has 1 aliphatic rings. The molecule has 1 fully saturated rings. The average molecular weight is 245 g/mol. The van der Waals surface area contributed by atoms with Crippen molar-refractivity contribution in [2.75, 3.05) is 0 Å². The Morgan fingerprint density at radius 2 is 2.00 bits per heavy atom. The number of ether oxygens (including phenoxy) is 1. The van der Waals surface area contributed by atoms with E-state index in [2.05, 4.69) is 5.32 Å². The van der Waals surface area contributed by atoms with Crippen molar-refractivity contribution in [1.82, 2.24) is 5.32 Å². The number of aliphatic hydroxyl groups excluding tert-OH is 1. The third-order valence-corrected chi connectivity index (χ3v) is 2.64. The lowest BCUT2D eigenvalue weighted by molar-refractivity contribution is -0.145. The standard InChI is InChI=1S/C11H19NO5/c1-10(2,3)17-9(16)12-11(8(14)15)5-4-7(13)6-11/h7,13H,4-6H2,1-3H3,(H,12,16)(H,14,15)/t7-,11-/m0/s1. The predicted molar refractivity (Wildman–Crippen MR) is 59.6 cm³/mol. The van der Waals surface area contributed by atoms with Gasteiger partial charge in [0.05, 0.1) is 6.10 Å². The molecule has 0 unspecified atom stereocenters. The molecule has 0 heterocycles. The van der Waals surface area contributed by atoms with E-state index in [0.29, 0.717) is 6.42 Å². The molecule has 3 N–H and O–H groups in total. The normalized spacial score (nSPS) is 28.8. The molecule has 1 amide bonds. The first-order valence-electron chi connectivity index (χ1n) is 5.57. The van der Waals surface area contributed by atoms with Crippen LogP contribution in [0.3, 0.4) is 0 Å². The summed E-state index contributed by atoms with van der Waals surface area (Å²) < 4.78 is 5.02. The summed E-state index contributed by atoms with van der Waals surface area (Å²) in [6.07, 6.45) is -0.873. The van der Waals surface area contributed by atoms with Gasteiger partial charge >= 0.3 is 12.1 Å². The number of carboxylic acid groups (broad SMARTS) is 1. The van der Waals surface area contributed by atoms with Gasteiger partial charge in [-0.05, 0) is 33.6 Å². The summed E-state index contributed by atoms with van der Waals surface area (Å²) >= 11 is 0. The molecule has 98 valence electrons. The highest BCUT2D eigenvalue weighted by atomic mass is 16.6. The Bertz CT molecular complexity index is 322. The zero-order chi connectivity index (χ0) is 13.3. The van der Waals surface area contributed by atoms with Gasteiger partial charge in [0.25, 0.3) is 0 Å². The van der Waals surface area contributed by atoms with Gasteiger partial charge in [-0.15, -0.1) is 0 Å². The van der Waals surface area contributed by atoms with E-state index < -0.39 is 29.3 Å². The van der Waals surface area contributed by atoms with Crippen LogP contribution in [0, 0.1) is 0 Å². The molecule has 0 aromatic rings. The number of carboxylic acids is 1. The molecule has 1 rings (SSSR count). The fraction of sp³-hybridized carbons (Fsp3) is 0.818. The second kappa shape index (κ2) is 4.52. The van der Waals surface area contributed by atoms with Crippen LogP contribution in [0.4, 0.5) is 4.79 Å². The third kappa shape index (κ3) is 3.59. The average Bonchev–Trinajstić information content (AvgIpc) is 2.44.